The first-order valence-electron chi connectivity index (χ1n) is 7.52. The number of benzene rings is 1. The summed E-state index contributed by atoms with van der Waals surface area (Å²) >= 11 is 0. The molecule has 0 bridgehead atoms. The van der Waals surface area contributed by atoms with Crippen molar-refractivity contribution in [1.29, 1.82) is 0 Å². The SMILES string of the molecule is CCOC(C(NC)c1ccc2c(c1)CCO2)C(C)(C)C. The number of likely N-dealkylation sites (N-methyl/N-ethyl adjacent to an activating group) is 1. The highest BCUT2D eigenvalue weighted by atomic mass is 16.5. The first-order chi connectivity index (χ1) is 9.47. The summed E-state index contributed by atoms with van der Waals surface area (Å²) in [5, 5.41) is 3.44. The van der Waals surface area contributed by atoms with Crippen LogP contribution in [0.5, 0.6) is 5.75 Å². The van der Waals surface area contributed by atoms with E-state index in [-0.39, 0.29) is 17.6 Å². The van der Waals surface area contributed by atoms with Gasteiger partial charge in [-0.1, -0.05) is 32.9 Å². The standard InChI is InChI=1S/C17H27NO2/c1-6-19-16(17(2,3)4)15(18-5)13-7-8-14-12(11-13)9-10-20-14/h7-8,11,15-16,18H,6,9-10H2,1-5H3. The minimum absolute atomic E-state index is 0.0825. The fraction of sp³-hybridized carbons (Fsp3) is 0.647. The summed E-state index contributed by atoms with van der Waals surface area (Å²) in [7, 11) is 2.01. The number of nitrogens with one attached hydrogen (secondary N) is 1. The van der Waals surface area contributed by atoms with Crippen molar-refractivity contribution >= 4 is 0 Å². The Morgan fingerprint density at radius 3 is 2.70 bits per heavy atom. The van der Waals surface area contributed by atoms with Gasteiger partial charge in [0.15, 0.2) is 0 Å². The highest BCUT2D eigenvalue weighted by Crippen LogP contribution is 2.35. The van der Waals surface area contributed by atoms with Gasteiger partial charge in [0.2, 0.25) is 0 Å². The van der Waals surface area contributed by atoms with Crippen LogP contribution in [-0.2, 0) is 11.2 Å². The van der Waals surface area contributed by atoms with Gasteiger partial charge < -0.3 is 14.8 Å². The molecule has 2 atom stereocenters. The molecule has 0 saturated heterocycles. The van der Waals surface area contributed by atoms with Crippen LogP contribution in [0.1, 0.15) is 44.9 Å². The minimum Gasteiger partial charge on any atom is -0.493 e. The number of hydrogen-bond donors (Lipinski definition) is 1. The predicted octanol–water partition coefficient (Wildman–Crippen LogP) is 3.33. The third-order valence-electron chi connectivity index (χ3n) is 3.89. The van der Waals surface area contributed by atoms with Gasteiger partial charge in [-0.2, -0.15) is 0 Å². The van der Waals surface area contributed by atoms with Crippen molar-refractivity contribution in [3.63, 3.8) is 0 Å². The van der Waals surface area contributed by atoms with E-state index in [9.17, 15) is 0 Å². The largest absolute Gasteiger partial charge is 0.493 e. The Morgan fingerprint density at radius 2 is 2.10 bits per heavy atom. The Hall–Kier alpha value is -1.06. The van der Waals surface area contributed by atoms with Crippen LogP contribution in [0.3, 0.4) is 0 Å². The van der Waals surface area contributed by atoms with Gasteiger partial charge in [0, 0.05) is 13.0 Å². The maximum Gasteiger partial charge on any atom is 0.122 e. The molecule has 0 aromatic heterocycles. The van der Waals surface area contributed by atoms with Crippen LogP contribution in [0, 0.1) is 5.41 Å². The molecule has 112 valence electrons. The fourth-order valence-electron chi connectivity index (χ4n) is 2.92. The molecule has 0 fully saturated rings. The molecule has 0 radical (unpaired) electrons. The normalized spacial score (nSPS) is 17.4. The first-order valence-corrected chi connectivity index (χ1v) is 7.52. The number of ether oxygens (including phenoxy) is 2. The smallest absolute Gasteiger partial charge is 0.122 e. The molecule has 1 aromatic carbocycles. The molecule has 1 aromatic rings. The molecule has 20 heavy (non-hydrogen) atoms. The highest BCUT2D eigenvalue weighted by Gasteiger charge is 2.33. The van der Waals surface area contributed by atoms with E-state index in [2.05, 4.69) is 51.2 Å². The monoisotopic (exact) mass is 277 g/mol. The minimum atomic E-state index is 0.0825. The van der Waals surface area contributed by atoms with Crippen LogP contribution in [0.4, 0.5) is 0 Å². The van der Waals surface area contributed by atoms with Crippen LogP contribution >= 0.6 is 0 Å². The summed E-state index contributed by atoms with van der Waals surface area (Å²) in [6.07, 6.45) is 1.15. The maximum absolute atomic E-state index is 6.04. The lowest BCUT2D eigenvalue weighted by atomic mass is 9.81. The van der Waals surface area contributed by atoms with Crippen molar-refractivity contribution in [3.8, 4) is 5.75 Å². The summed E-state index contributed by atoms with van der Waals surface area (Å²) < 4.78 is 11.6. The molecule has 1 N–H and O–H groups in total. The maximum atomic E-state index is 6.04. The van der Waals surface area contributed by atoms with E-state index < -0.39 is 0 Å². The molecule has 3 nitrogen and oxygen atoms in total. The van der Waals surface area contributed by atoms with Gasteiger partial charge in [0.05, 0.1) is 18.8 Å². The Labute approximate surface area is 122 Å². The number of fused-ring (bicyclic) bond motifs is 1. The summed E-state index contributed by atoms with van der Waals surface area (Å²) in [5.74, 6) is 1.03. The second-order valence-corrected chi connectivity index (χ2v) is 6.47. The quantitative estimate of drug-likeness (QED) is 0.895. The molecule has 0 amide bonds. The molecule has 1 aliphatic heterocycles. The van der Waals surface area contributed by atoms with Crippen LogP contribution in [0.15, 0.2) is 18.2 Å². The Bertz CT molecular complexity index is 451. The van der Waals surface area contributed by atoms with E-state index in [4.69, 9.17) is 9.47 Å². The lowest BCUT2D eigenvalue weighted by Crippen LogP contribution is -2.41. The molecule has 0 saturated carbocycles. The van der Waals surface area contributed by atoms with Crippen molar-refractivity contribution in [1.82, 2.24) is 5.32 Å². The van der Waals surface area contributed by atoms with Crippen LogP contribution in [0.2, 0.25) is 0 Å². The zero-order chi connectivity index (χ0) is 14.8. The summed E-state index contributed by atoms with van der Waals surface area (Å²) in [5.41, 5.74) is 2.68. The van der Waals surface area contributed by atoms with Gasteiger partial charge >= 0.3 is 0 Å². The van der Waals surface area contributed by atoms with E-state index >= 15 is 0 Å². The average Bonchev–Trinajstić information content (AvgIpc) is 2.85. The lowest BCUT2D eigenvalue weighted by Gasteiger charge is -2.37. The van der Waals surface area contributed by atoms with E-state index in [1.807, 2.05) is 7.05 Å². The van der Waals surface area contributed by atoms with Crippen molar-refractivity contribution in [2.45, 2.75) is 46.3 Å². The van der Waals surface area contributed by atoms with Gasteiger partial charge in [-0.3, -0.25) is 0 Å². The van der Waals surface area contributed by atoms with Gasteiger partial charge in [0.25, 0.3) is 0 Å². The first kappa shape index (κ1) is 15.3. The molecular formula is C17H27NO2. The van der Waals surface area contributed by atoms with Crippen molar-refractivity contribution < 1.29 is 9.47 Å². The molecular weight excluding hydrogens is 250 g/mol. The van der Waals surface area contributed by atoms with Crippen LogP contribution in [-0.4, -0.2) is 26.4 Å². The summed E-state index contributed by atoms with van der Waals surface area (Å²) in [6, 6.07) is 6.71. The van der Waals surface area contributed by atoms with E-state index in [1.165, 1.54) is 11.1 Å². The van der Waals surface area contributed by atoms with Crippen LogP contribution in [0.25, 0.3) is 0 Å². The van der Waals surface area contributed by atoms with Gasteiger partial charge in [-0.15, -0.1) is 0 Å². The zero-order valence-electron chi connectivity index (χ0n) is 13.3. The molecule has 3 heteroatoms. The number of rotatable bonds is 5. The molecule has 1 aliphatic rings. The van der Waals surface area contributed by atoms with Crippen molar-refractivity contribution in [2.75, 3.05) is 20.3 Å². The average molecular weight is 277 g/mol. The molecule has 0 aliphatic carbocycles. The van der Waals surface area contributed by atoms with Gasteiger partial charge in [-0.05, 0) is 36.6 Å². The van der Waals surface area contributed by atoms with E-state index in [0.717, 1.165) is 25.4 Å². The Morgan fingerprint density at radius 1 is 1.35 bits per heavy atom. The predicted molar refractivity (Wildman–Crippen MR) is 82.3 cm³/mol. The lowest BCUT2D eigenvalue weighted by molar-refractivity contribution is -0.0350. The topological polar surface area (TPSA) is 30.5 Å². The Kier molecular flexibility index (Phi) is 4.71. The third-order valence-corrected chi connectivity index (χ3v) is 3.89. The number of hydrogen-bond acceptors (Lipinski definition) is 3. The van der Waals surface area contributed by atoms with Crippen LogP contribution < -0.4 is 10.1 Å². The molecule has 0 spiro atoms. The third kappa shape index (κ3) is 3.15. The second-order valence-electron chi connectivity index (χ2n) is 6.47. The molecule has 2 unspecified atom stereocenters. The zero-order valence-corrected chi connectivity index (χ0v) is 13.3. The summed E-state index contributed by atoms with van der Waals surface area (Å²) in [4.78, 5) is 0. The molecule has 1 heterocycles. The van der Waals surface area contributed by atoms with Gasteiger partial charge in [0.1, 0.15) is 5.75 Å². The Balaban J connectivity index is 2.30. The van der Waals surface area contributed by atoms with E-state index in [0.29, 0.717) is 0 Å². The second kappa shape index (κ2) is 6.15. The van der Waals surface area contributed by atoms with Gasteiger partial charge in [-0.25, -0.2) is 0 Å². The van der Waals surface area contributed by atoms with Crippen molar-refractivity contribution in [2.24, 2.45) is 5.41 Å². The summed E-state index contributed by atoms with van der Waals surface area (Å²) in [6.45, 7) is 10.3. The molecule has 2 rings (SSSR count). The van der Waals surface area contributed by atoms with Crippen molar-refractivity contribution in [3.05, 3.63) is 29.3 Å². The highest BCUT2D eigenvalue weighted by molar-refractivity contribution is 5.41. The van der Waals surface area contributed by atoms with E-state index in [1.54, 1.807) is 0 Å². The fourth-order valence-corrected chi connectivity index (χ4v) is 2.92.